The molecule has 0 bridgehead atoms. The number of hydrogen-bond donors (Lipinski definition) is 5. The standard InChI is InChI=1S/C14H17N5O5S/c1-4(2)10(22)17-13-16-9-5(11(23)18-13)15-3-19(9)12-7(21)14(24)6(20)8(14)25-12/h3-4,6-8,12,20-21,24H,1-2H3,(H2,16,17,18,22,23)/t6?,7-,8+,12+,14-/m0/s1. The molecule has 1 saturated heterocycles. The number of imidazole rings is 1. The molecule has 1 saturated carbocycles. The molecule has 4 rings (SSSR count). The van der Waals surface area contributed by atoms with E-state index in [4.69, 9.17) is 0 Å². The van der Waals surface area contributed by atoms with E-state index in [0.717, 1.165) is 0 Å². The Kier molecular flexibility index (Phi) is 3.48. The van der Waals surface area contributed by atoms with E-state index in [1.165, 1.54) is 22.7 Å². The molecule has 25 heavy (non-hydrogen) atoms. The molecule has 2 aromatic heterocycles. The van der Waals surface area contributed by atoms with Crippen LogP contribution in [0.2, 0.25) is 0 Å². The van der Waals surface area contributed by atoms with Crippen molar-refractivity contribution in [3.63, 3.8) is 0 Å². The predicted octanol–water partition coefficient (Wildman–Crippen LogP) is -1.21. The van der Waals surface area contributed by atoms with Crippen molar-refractivity contribution in [1.82, 2.24) is 19.5 Å². The molecular formula is C14H17N5O5S. The number of carbonyl (C=O) groups excluding carboxylic acids is 1. The van der Waals surface area contributed by atoms with Gasteiger partial charge in [-0.05, 0) is 0 Å². The van der Waals surface area contributed by atoms with E-state index in [1.807, 2.05) is 0 Å². The maximum atomic E-state index is 12.2. The van der Waals surface area contributed by atoms with Gasteiger partial charge >= 0.3 is 0 Å². The number of amides is 1. The quantitative estimate of drug-likeness (QED) is 0.453. The van der Waals surface area contributed by atoms with Crippen LogP contribution in [0.25, 0.3) is 11.2 Å². The number of aromatic amines is 1. The largest absolute Gasteiger partial charge is 0.389 e. The molecule has 2 aliphatic rings. The van der Waals surface area contributed by atoms with Crippen LogP contribution in [-0.4, -0.2) is 63.8 Å². The van der Waals surface area contributed by atoms with Gasteiger partial charge in [-0.1, -0.05) is 13.8 Å². The van der Waals surface area contributed by atoms with Crippen LogP contribution in [0.15, 0.2) is 11.1 Å². The molecule has 3 heterocycles. The van der Waals surface area contributed by atoms with Crippen molar-refractivity contribution < 1.29 is 20.1 Å². The number of hydrogen-bond acceptors (Lipinski definition) is 8. The molecule has 1 aliphatic heterocycles. The van der Waals surface area contributed by atoms with Gasteiger partial charge in [0.25, 0.3) is 5.56 Å². The first kappa shape index (κ1) is 16.5. The predicted molar refractivity (Wildman–Crippen MR) is 89.0 cm³/mol. The maximum Gasteiger partial charge on any atom is 0.280 e. The van der Waals surface area contributed by atoms with Crippen LogP contribution >= 0.6 is 11.8 Å². The molecule has 2 aromatic rings. The Morgan fingerprint density at radius 1 is 1.44 bits per heavy atom. The lowest BCUT2D eigenvalue weighted by Crippen LogP contribution is -2.35. The number of nitrogens with zero attached hydrogens (tertiary/aromatic N) is 3. The molecule has 0 spiro atoms. The fourth-order valence-corrected chi connectivity index (χ4v) is 4.71. The zero-order chi connectivity index (χ0) is 18.1. The van der Waals surface area contributed by atoms with Gasteiger partial charge in [-0.25, -0.2) is 4.98 Å². The molecular weight excluding hydrogens is 350 g/mol. The molecule has 11 heteroatoms. The number of nitrogens with one attached hydrogen (secondary N) is 2. The second kappa shape index (κ2) is 5.27. The Morgan fingerprint density at radius 3 is 2.76 bits per heavy atom. The van der Waals surface area contributed by atoms with E-state index in [9.17, 15) is 24.9 Å². The summed E-state index contributed by atoms with van der Waals surface area (Å²) in [5.74, 6) is -0.608. The molecule has 134 valence electrons. The molecule has 5 atom stereocenters. The van der Waals surface area contributed by atoms with Crippen LogP contribution in [0.4, 0.5) is 5.95 Å². The van der Waals surface area contributed by atoms with Gasteiger partial charge in [0.1, 0.15) is 23.2 Å². The number of anilines is 1. The average molecular weight is 367 g/mol. The number of aromatic nitrogens is 4. The van der Waals surface area contributed by atoms with Crippen molar-refractivity contribution in [2.45, 2.75) is 42.3 Å². The number of H-pyrrole nitrogens is 1. The number of fused-ring (bicyclic) bond motifs is 2. The van der Waals surface area contributed by atoms with E-state index >= 15 is 0 Å². The van der Waals surface area contributed by atoms with Gasteiger partial charge in [-0.2, -0.15) is 4.98 Å². The zero-order valence-electron chi connectivity index (χ0n) is 13.4. The van der Waals surface area contributed by atoms with Crippen molar-refractivity contribution in [3.8, 4) is 0 Å². The fourth-order valence-electron chi connectivity index (χ4n) is 2.97. The minimum atomic E-state index is -1.55. The molecule has 2 fully saturated rings. The van der Waals surface area contributed by atoms with Crippen LogP contribution in [0.5, 0.6) is 0 Å². The molecule has 1 amide bonds. The van der Waals surface area contributed by atoms with E-state index < -0.39 is 34.0 Å². The number of thioether (sulfide) groups is 1. The van der Waals surface area contributed by atoms with Crippen molar-refractivity contribution >= 4 is 34.8 Å². The Hall–Kier alpha value is -1.95. The van der Waals surface area contributed by atoms with Gasteiger partial charge in [-0.15, -0.1) is 11.8 Å². The highest BCUT2D eigenvalue weighted by molar-refractivity contribution is 8.00. The van der Waals surface area contributed by atoms with E-state index in [-0.39, 0.29) is 28.9 Å². The second-order valence-corrected chi connectivity index (χ2v) is 7.87. The summed E-state index contributed by atoms with van der Waals surface area (Å²) in [7, 11) is 0. The Balaban J connectivity index is 1.73. The number of rotatable bonds is 3. The fraction of sp³-hybridized carbons (Fsp3) is 0.571. The summed E-state index contributed by atoms with van der Waals surface area (Å²) in [6.07, 6.45) is -0.858. The number of aliphatic hydroxyl groups excluding tert-OH is 2. The number of carbonyl (C=O) groups is 1. The van der Waals surface area contributed by atoms with Gasteiger partial charge < -0.3 is 15.3 Å². The minimum absolute atomic E-state index is 0.0145. The summed E-state index contributed by atoms with van der Waals surface area (Å²) in [6, 6.07) is 0. The smallest absolute Gasteiger partial charge is 0.280 e. The first-order chi connectivity index (χ1) is 11.7. The highest BCUT2D eigenvalue weighted by Crippen LogP contribution is 2.62. The highest BCUT2D eigenvalue weighted by atomic mass is 32.2. The molecule has 10 nitrogen and oxygen atoms in total. The molecule has 1 unspecified atom stereocenters. The van der Waals surface area contributed by atoms with Crippen molar-refractivity contribution in [2.75, 3.05) is 5.32 Å². The molecule has 0 radical (unpaired) electrons. The summed E-state index contributed by atoms with van der Waals surface area (Å²) in [5.41, 5.74) is -1.84. The Morgan fingerprint density at radius 2 is 2.16 bits per heavy atom. The highest BCUT2D eigenvalue weighted by Gasteiger charge is 2.75. The van der Waals surface area contributed by atoms with Crippen LogP contribution in [0.3, 0.4) is 0 Å². The molecule has 0 aromatic carbocycles. The van der Waals surface area contributed by atoms with Gasteiger partial charge in [0.15, 0.2) is 11.2 Å². The SMILES string of the molecule is CC(C)C(=O)Nc1nc2c(ncn2[C@@H]2S[C@@H]3C(O)[C@]3(O)[C@H]2O)c(=O)[nH]1. The van der Waals surface area contributed by atoms with Gasteiger partial charge in [0, 0.05) is 5.92 Å². The number of aliphatic hydroxyl groups is 3. The Bertz CT molecular complexity index is 926. The first-order valence-electron chi connectivity index (χ1n) is 7.76. The van der Waals surface area contributed by atoms with Gasteiger partial charge in [0.05, 0.1) is 11.6 Å². The molecule has 1 aliphatic carbocycles. The lowest BCUT2D eigenvalue weighted by Gasteiger charge is -2.22. The van der Waals surface area contributed by atoms with Crippen LogP contribution in [0.1, 0.15) is 19.2 Å². The first-order valence-corrected chi connectivity index (χ1v) is 8.71. The van der Waals surface area contributed by atoms with E-state index in [0.29, 0.717) is 0 Å². The Labute approximate surface area is 145 Å². The van der Waals surface area contributed by atoms with E-state index in [2.05, 4.69) is 20.3 Å². The second-order valence-electron chi connectivity index (χ2n) is 6.61. The van der Waals surface area contributed by atoms with Gasteiger partial charge in [-0.3, -0.25) is 24.5 Å². The topological polar surface area (TPSA) is 153 Å². The third-order valence-corrected chi connectivity index (χ3v) is 6.30. The summed E-state index contributed by atoms with van der Waals surface area (Å²) >= 11 is 1.19. The summed E-state index contributed by atoms with van der Waals surface area (Å²) in [6.45, 7) is 3.42. The lowest BCUT2D eigenvalue weighted by molar-refractivity contribution is -0.118. The van der Waals surface area contributed by atoms with Crippen LogP contribution in [0, 0.1) is 5.92 Å². The van der Waals surface area contributed by atoms with Crippen LogP contribution < -0.4 is 10.9 Å². The summed E-state index contributed by atoms with van der Waals surface area (Å²) < 4.78 is 1.47. The van der Waals surface area contributed by atoms with Crippen molar-refractivity contribution in [3.05, 3.63) is 16.7 Å². The summed E-state index contributed by atoms with van der Waals surface area (Å²) in [4.78, 5) is 34.7. The maximum absolute atomic E-state index is 12.2. The van der Waals surface area contributed by atoms with E-state index in [1.54, 1.807) is 13.8 Å². The minimum Gasteiger partial charge on any atom is -0.389 e. The van der Waals surface area contributed by atoms with Crippen molar-refractivity contribution in [2.24, 2.45) is 5.92 Å². The molecule has 5 N–H and O–H groups in total. The van der Waals surface area contributed by atoms with Crippen LogP contribution in [-0.2, 0) is 4.79 Å². The summed E-state index contributed by atoms with van der Waals surface area (Å²) in [5, 5.41) is 31.6. The van der Waals surface area contributed by atoms with Crippen molar-refractivity contribution in [1.29, 1.82) is 0 Å². The normalized spacial score (nSPS) is 33.7. The van der Waals surface area contributed by atoms with Gasteiger partial charge in [0.2, 0.25) is 11.9 Å². The third-order valence-electron chi connectivity index (χ3n) is 4.61. The monoisotopic (exact) mass is 367 g/mol. The average Bonchev–Trinajstić information content (AvgIpc) is 2.88. The lowest BCUT2D eigenvalue weighted by atomic mass is 10.1. The zero-order valence-corrected chi connectivity index (χ0v) is 14.2. The third kappa shape index (κ3) is 2.23.